The highest BCUT2D eigenvalue weighted by Gasteiger charge is 2.30. The smallest absolute Gasteiger partial charge is 0.462 e. The second-order valence-corrected chi connectivity index (χ2v) is 29.8. The Bertz CT molecular complexity index is 1770. The van der Waals surface area contributed by atoms with E-state index < -0.39 is 97.5 Å². The van der Waals surface area contributed by atoms with E-state index in [1.54, 1.807) is 0 Å². The van der Waals surface area contributed by atoms with Crippen molar-refractivity contribution in [3.63, 3.8) is 0 Å². The molecule has 0 radical (unpaired) electrons. The van der Waals surface area contributed by atoms with Crippen LogP contribution in [0.4, 0.5) is 0 Å². The number of carbonyl (C=O) groups excluding carboxylic acids is 4. The summed E-state index contributed by atoms with van der Waals surface area (Å²) < 4.78 is 68.3. The second-order valence-electron chi connectivity index (χ2n) is 26.9. The predicted octanol–water partition coefficient (Wildman–Crippen LogP) is 20.8. The number of unbranched alkanes of at least 4 members (excludes halogenated alkanes) is 41. The van der Waals surface area contributed by atoms with Crippen LogP contribution in [-0.2, 0) is 65.4 Å². The van der Waals surface area contributed by atoms with E-state index in [9.17, 15) is 43.2 Å². The lowest BCUT2D eigenvalue weighted by molar-refractivity contribution is -0.161. The Morgan fingerprint density at radius 3 is 0.747 bits per heavy atom. The third-order valence-electron chi connectivity index (χ3n) is 16.7. The third kappa shape index (κ3) is 66.5. The van der Waals surface area contributed by atoms with Crippen LogP contribution in [0.15, 0.2) is 0 Å². The van der Waals surface area contributed by atoms with E-state index in [0.717, 1.165) is 108 Å². The van der Waals surface area contributed by atoms with Crippen LogP contribution >= 0.6 is 15.6 Å². The molecule has 0 rings (SSSR count). The van der Waals surface area contributed by atoms with Gasteiger partial charge in [-0.1, -0.05) is 318 Å². The van der Waals surface area contributed by atoms with Gasteiger partial charge in [0.15, 0.2) is 12.2 Å². The SMILES string of the molecule is CCCCCCCCCCCCCC(=O)O[C@H](COC(=O)CCCCCCCCCC)COP(=O)(O)OC[C@H](O)COP(=O)(O)OC[C@@H](COC(=O)CCCCCCCCCCCCC(C)C)OC(=O)CCCCCCCCCCCCCCCCCCC(C)C. The van der Waals surface area contributed by atoms with Gasteiger partial charge in [-0.15, -0.1) is 0 Å². The minimum atomic E-state index is -4.95. The van der Waals surface area contributed by atoms with Crippen molar-refractivity contribution in [3.05, 3.63) is 0 Å². The Hall–Kier alpha value is -1.94. The maximum Gasteiger partial charge on any atom is 0.472 e. The average molecular weight is 1340 g/mol. The molecule has 0 aliphatic heterocycles. The van der Waals surface area contributed by atoms with Gasteiger partial charge in [-0.3, -0.25) is 37.3 Å². The van der Waals surface area contributed by atoms with Crippen LogP contribution in [0.3, 0.4) is 0 Å². The Morgan fingerprint density at radius 2 is 0.505 bits per heavy atom. The average Bonchev–Trinajstić information content (AvgIpc) is 3.59. The number of rotatable bonds is 71. The first kappa shape index (κ1) is 89.1. The molecule has 17 nitrogen and oxygen atoms in total. The number of ether oxygens (including phenoxy) is 4. The molecule has 3 N–H and O–H groups in total. The molecule has 0 saturated carbocycles. The van der Waals surface area contributed by atoms with E-state index in [0.29, 0.717) is 25.7 Å². The summed E-state index contributed by atoms with van der Waals surface area (Å²) in [5.74, 6) is -0.555. The highest BCUT2D eigenvalue weighted by molar-refractivity contribution is 7.47. The predicted molar refractivity (Wildman–Crippen MR) is 368 cm³/mol. The number of phosphoric acid groups is 2. The number of esters is 4. The summed E-state index contributed by atoms with van der Waals surface area (Å²) in [6, 6.07) is 0. The molecule has 0 aliphatic carbocycles. The summed E-state index contributed by atoms with van der Waals surface area (Å²) in [5.41, 5.74) is 0. The summed E-state index contributed by atoms with van der Waals surface area (Å²) in [4.78, 5) is 72.5. The summed E-state index contributed by atoms with van der Waals surface area (Å²) in [6.45, 7) is 9.56. The molecule has 0 heterocycles. The van der Waals surface area contributed by atoms with E-state index in [4.69, 9.17) is 37.0 Å². The Labute approximate surface area is 556 Å². The number of aliphatic hydroxyl groups is 1. The van der Waals surface area contributed by atoms with Crippen LogP contribution in [0, 0.1) is 11.8 Å². The molecule has 0 aromatic carbocycles. The van der Waals surface area contributed by atoms with Crippen molar-refractivity contribution in [2.45, 2.75) is 387 Å². The zero-order valence-corrected chi connectivity index (χ0v) is 60.9. The van der Waals surface area contributed by atoms with Crippen molar-refractivity contribution in [1.82, 2.24) is 0 Å². The van der Waals surface area contributed by atoms with Crippen molar-refractivity contribution in [3.8, 4) is 0 Å². The maximum absolute atomic E-state index is 13.0. The van der Waals surface area contributed by atoms with Gasteiger partial charge < -0.3 is 33.8 Å². The number of hydrogen-bond donors (Lipinski definition) is 3. The molecule has 0 saturated heterocycles. The van der Waals surface area contributed by atoms with Crippen LogP contribution < -0.4 is 0 Å². The van der Waals surface area contributed by atoms with Gasteiger partial charge in [0.1, 0.15) is 19.3 Å². The molecular weight excluding hydrogens is 1200 g/mol. The molecule has 0 aromatic heterocycles. The van der Waals surface area contributed by atoms with Gasteiger partial charge in [-0.2, -0.15) is 0 Å². The molecule has 0 spiro atoms. The topological polar surface area (TPSA) is 237 Å². The molecule has 0 fully saturated rings. The molecule has 540 valence electrons. The van der Waals surface area contributed by atoms with Crippen LogP contribution in [0.1, 0.15) is 369 Å². The van der Waals surface area contributed by atoms with Gasteiger partial charge in [0, 0.05) is 25.7 Å². The van der Waals surface area contributed by atoms with Gasteiger partial charge in [0.2, 0.25) is 0 Å². The quantitative estimate of drug-likeness (QED) is 0.0222. The second kappa shape index (κ2) is 64.1. The normalized spacial score (nSPS) is 14.1. The minimum absolute atomic E-state index is 0.107. The van der Waals surface area contributed by atoms with Crippen LogP contribution in [-0.4, -0.2) is 96.7 Å². The first-order chi connectivity index (χ1) is 43.9. The lowest BCUT2D eigenvalue weighted by Gasteiger charge is -2.21. The fourth-order valence-corrected chi connectivity index (χ4v) is 12.5. The Balaban J connectivity index is 5.19. The van der Waals surface area contributed by atoms with E-state index in [-0.39, 0.29) is 25.7 Å². The number of phosphoric ester groups is 2. The molecule has 0 aromatic rings. The standard InChI is InChI=1S/C72H140O17P2/c1-7-9-11-13-15-17-24-32-38-44-50-56-71(76)88-67(60-82-69(74)54-48-42-36-16-14-12-10-8-2)62-86-90(78,79)84-58-66(73)59-85-91(80,81)87-63-68(61-83-70(75)55-49-43-37-31-28-27-30-35-41-47-53-65(5)6)89-72(77)57-51-45-39-33-26-23-21-19-18-20-22-25-29-34-40-46-52-64(3)4/h64-68,73H,7-63H2,1-6H3,(H,78,79)(H,80,81)/t66-,67+,68+/m0/s1. The first-order valence-electron chi connectivity index (χ1n) is 37.5. The van der Waals surface area contributed by atoms with E-state index >= 15 is 0 Å². The van der Waals surface area contributed by atoms with E-state index in [1.807, 2.05) is 0 Å². The fourth-order valence-electron chi connectivity index (χ4n) is 10.9. The van der Waals surface area contributed by atoms with Gasteiger partial charge in [-0.25, -0.2) is 9.13 Å². The van der Waals surface area contributed by atoms with Crippen molar-refractivity contribution in [2.24, 2.45) is 11.8 Å². The Kier molecular flexibility index (Phi) is 62.7. The van der Waals surface area contributed by atoms with E-state index in [2.05, 4.69) is 41.5 Å². The summed E-state index contributed by atoms with van der Waals surface area (Å²) in [7, 11) is -9.90. The van der Waals surface area contributed by atoms with Gasteiger partial charge >= 0.3 is 39.5 Å². The Morgan fingerprint density at radius 1 is 0.297 bits per heavy atom. The van der Waals surface area contributed by atoms with Crippen molar-refractivity contribution in [1.29, 1.82) is 0 Å². The van der Waals surface area contributed by atoms with Crippen LogP contribution in [0.2, 0.25) is 0 Å². The molecule has 2 unspecified atom stereocenters. The lowest BCUT2D eigenvalue weighted by atomic mass is 10.0. The summed E-state index contributed by atoms with van der Waals surface area (Å²) in [6.07, 6.45) is 50.0. The zero-order chi connectivity index (χ0) is 67.2. The van der Waals surface area contributed by atoms with Crippen LogP contribution in [0.5, 0.6) is 0 Å². The van der Waals surface area contributed by atoms with Crippen molar-refractivity contribution < 1.29 is 80.2 Å². The molecule has 19 heteroatoms. The lowest BCUT2D eigenvalue weighted by Crippen LogP contribution is -2.30. The molecular formula is C72H140O17P2. The molecule has 0 aliphatic rings. The maximum atomic E-state index is 13.0. The van der Waals surface area contributed by atoms with Gasteiger partial charge in [0.05, 0.1) is 26.4 Å². The molecule has 91 heavy (non-hydrogen) atoms. The summed E-state index contributed by atoms with van der Waals surface area (Å²) >= 11 is 0. The van der Waals surface area contributed by atoms with E-state index in [1.165, 1.54) is 180 Å². The van der Waals surface area contributed by atoms with Gasteiger partial charge in [-0.05, 0) is 37.5 Å². The van der Waals surface area contributed by atoms with Crippen molar-refractivity contribution >= 4 is 39.5 Å². The van der Waals surface area contributed by atoms with Crippen LogP contribution in [0.25, 0.3) is 0 Å². The largest absolute Gasteiger partial charge is 0.472 e. The van der Waals surface area contributed by atoms with Gasteiger partial charge in [0.25, 0.3) is 0 Å². The van der Waals surface area contributed by atoms with Crippen molar-refractivity contribution in [2.75, 3.05) is 39.6 Å². The summed E-state index contributed by atoms with van der Waals surface area (Å²) in [5, 5.41) is 10.6. The molecule has 0 bridgehead atoms. The fraction of sp³-hybridized carbons (Fsp3) is 0.944. The minimum Gasteiger partial charge on any atom is -0.462 e. The third-order valence-corrected chi connectivity index (χ3v) is 18.6. The highest BCUT2D eigenvalue weighted by atomic mass is 31.2. The molecule has 0 amide bonds. The number of hydrogen-bond acceptors (Lipinski definition) is 15. The zero-order valence-electron chi connectivity index (χ0n) is 59.1. The number of carbonyl (C=O) groups is 4. The first-order valence-corrected chi connectivity index (χ1v) is 40.5. The highest BCUT2D eigenvalue weighted by Crippen LogP contribution is 2.45. The molecule has 5 atom stereocenters. The monoisotopic (exact) mass is 1340 g/mol. The number of aliphatic hydroxyl groups excluding tert-OH is 1.